The van der Waals surface area contributed by atoms with E-state index in [2.05, 4.69) is 4.98 Å². The summed E-state index contributed by atoms with van der Waals surface area (Å²) in [6.45, 7) is 0. The second-order valence-electron chi connectivity index (χ2n) is 2.66. The number of halogens is 6. The van der Waals surface area contributed by atoms with Crippen LogP contribution in [0, 0.1) is 14.9 Å². The highest BCUT2D eigenvalue weighted by atomic mass is 127. The number of hydrogen-bond acceptors (Lipinski definition) is 2. The predicted octanol–water partition coefficient (Wildman–Crippen LogP) is 3.51. The molecule has 0 N–H and O–H groups in total. The van der Waals surface area contributed by atoms with Crippen molar-refractivity contribution in [2.75, 3.05) is 0 Å². The van der Waals surface area contributed by atoms with Crippen molar-refractivity contribution in [3.63, 3.8) is 0 Å². The zero-order valence-electron chi connectivity index (χ0n) is 7.32. The minimum absolute atomic E-state index is 0.261. The molecular weight excluding hydrogens is 346 g/mol. The van der Waals surface area contributed by atoms with E-state index in [-0.39, 0.29) is 3.57 Å². The van der Waals surface area contributed by atoms with Gasteiger partial charge in [0.1, 0.15) is 17.5 Å². The molecule has 0 aliphatic rings. The second kappa shape index (κ2) is 4.48. The maximum Gasteiger partial charge on any atom is 0.433 e. The van der Waals surface area contributed by atoms with Crippen molar-refractivity contribution in [2.24, 2.45) is 0 Å². The van der Waals surface area contributed by atoms with Crippen LogP contribution in [-0.2, 0) is 6.18 Å². The largest absolute Gasteiger partial charge is 0.433 e. The van der Waals surface area contributed by atoms with Crippen molar-refractivity contribution in [2.45, 2.75) is 12.6 Å². The molecule has 0 unspecified atom stereocenters. The van der Waals surface area contributed by atoms with E-state index < -0.39 is 29.6 Å². The quantitative estimate of drug-likeness (QED) is 0.575. The van der Waals surface area contributed by atoms with E-state index in [1.165, 1.54) is 28.7 Å². The third-order valence-corrected chi connectivity index (χ3v) is 2.73. The highest BCUT2D eigenvalue weighted by molar-refractivity contribution is 14.1. The van der Waals surface area contributed by atoms with E-state index >= 15 is 0 Å². The molecule has 0 spiro atoms. The molecule has 0 atom stereocenters. The van der Waals surface area contributed by atoms with Crippen molar-refractivity contribution in [1.82, 2.24) is 4.98 Å². The van der Waals surface area contributed by atoms with Crippen LogP contribution < -0.4 is 0 Å². The van der Waals surface area contributed by atoms with Crippen LogP contribution in [0.1, 0.15) is 23.4 Å². The number of alkyl halides is 5. The Hall–Kier alpha value is -0.980. The first-order valence-corrected chi connectivity index (χ1v) is 4.81. The van der Waals surface area contributed by atoms with Crippen LogP contribution in [-0.4, -0.2) is 4.98 Å². The number of pyridine rings is 1. The molecule has 0 saturated heterocycles. The van der Waals surface area contributed by atoms with Gasteiger partial charge in [0.15, 0.2) is 0 Å². The third-order valence-electron chi connectivity index (χ3n) is 1.60. The first-order chi connectivity index (χ1) is 7.27. The summed E-state index contributed by atoms with van der Waals surface area (Å²) in [6, 6.07) is 1.87. The summed E-state index contributed by atoms with van der Waals surface area (Å²) in [7, 11) is 0. The van der Waals surface area contributed by atoms with Crippen molar-refractivity contribution in [1.29, 1.82) is 5.26 Å². The Kier molecular flexibility index (Phi) is 3.67. The summed E-state index contributed by atoms with van der Waals surface area (Å²) >= 11 is 1.37. The van der Waals surface area contributed by atoms with E-state index in [4.69, 9.17) is 5.26 Å². The Morgan fingerprint density at radius 2 is 1.94 bits per heavy atom. The maximum atomic E-state index is 12.4. The fourth-order valence-electron chi connectivity index (χ4n) is 0.920. The van der Waals surface area contributed by atoms with Gasteiger partial charge in [-0.15, -0.1) is 0 Å². The summed E-state index contributed by atoms with van der Waals surface area (Å²) in [5, 5.41) is 8.52. The van der Waals surface area contributed by atoms with Gasteiger partial charge in [0.25, 0.3) is 6.43 Å². The number of nitrogens with zero attached hydrogens (tertiary/aromatic N) is 2. The first-order valence-electron chi connectivity index (χ1n) is 3.73. The Bertz CT molecular complexity index is 449. The smallest absolute Gasteiger partial charge is 0.241 e. The van der Waals surface area contributed by atoms with Crippen molar-refractivity contribution >= 4 is 22.6 Å². The van der Waals surface area contributed by atoms with Gasteiger partial charge in [0.2, 0.25) is 0 Å². The molecule has 0 bridgehead atoms. The molecule has 0 radical (unpaired) electrons. The molecule has 86 valence electrons. The van der Waals surface area contributed by atoms with Gasteiger partial charge in [0, 0.05) is 0 Å². The van der Waals surface area contributed by atoms with Gasteiger partial charge in [-0.1, -0.05) is 0 Å². The molecule has 2 nitrogen and oxygen atoms in total. The van der Waals surface area contributed by atoms with Crippen molar-refractivity contribution < 1.29 is 22.0 Å². The monoisotopic (exact) mass is 348 g/mol. The molecule has 1 rings (SSSR count). The number of rotatable bonds is 1. The standard InChI is InChI=1S/C8H2F5IN2/c9-7(10)6-5(14)3(2-15)1-4(16-6)8(11,12)13/h1,7H. The second-order valence-corrected chi connectivity index (χ2v) is 3.74. The Labute approximate surface area is 100 Å². The molecule has 1 heterocycles. The molecular formula is C8H2F5IN2. The van der Waals surface area contributed by atoms with Crippen LogP contribution >= 0.6 is 22.6 Å². The highest BCUT2D eigenvalue weighted by Gasteiger charge is 2.35. The molecule has 1 aromatic heterocycles. The lowest BCUT2D eigenvalue weighted by atomic mass is 10.2. The van der Waals surface area contributed by atoms with Crippen LogP contribution in [0.3, 0.4) is 0 Å². The van der Waals surface area contributed by atoms with E-state index in [1.54, 1.807) is 0 Å². The first kappa shape index (κ1) is 13.1. The predicted molar refractivity (Wildman–Crippen MR) is 51.6 cm³/mol. The molecule has 0 saturated carbocycles. The van der Waals surface area contributed by atoms with Crippen LogP contribution in [0.25, 0.3) is 0 Å². The lowest BCUT2D eigenvalue weighted by Crippen LogP contribution is -2.12. The average Bonchev–Trinajstić information content (AvgIpc) is 2.15. The topological polar surface area (TPSA) is 36.7 Å². The molecule has 1 aromatic rings. The van der Waals surface area contributed by atoms with E-state index in [0.717, 1.165) is 0 Å². The van der Waals surface area contributed by atoms with Gasteiger partial charge in [-0.2, -0.15) is 18.4 Å². The summed E-state index contributed by atoms with van der Waals surface area (Å²) in [5.74, 6) is 0. The SMILES string of the molecule is N#Cc1cc(C(F)(F)F)nc(C(F)F)c1I. The van der Waals surface area contributed by atoms with Gasteiger partial charge in [-0.05, 0) is 28.7 Å². The van der Waals surface area contributed by atoms with Gasteiger partial charge in [0.05, 0.1) is 9.13 Å². The molecule has 0 fully saturated rings. The summed E-state index contributed by atoms with van der Waals surface area (Å²) in [5.41, 5.74) is -2.97. The fourth-order valence-corrected chi connectivity index (χ4v) is 1.55. The summed E-state index contributed by atoms with van der Waals surface area (Å²) in [6.07, 6.45) is -8.00. The van der Waals surface area contributed by atoms with Crippen LogP contribution in [0.5, 0.6) is 0 Å². The fraction of sp³-hybridized carbons (Fsp3) is 0.250. The zero-order chi connectivity index (χ0) is 12.5. The average molecular weight is 348 g/mol. The third kappa shape index (κ3) is 2.58. The van der Waals surface area contributed by atoms with Gasteiger partial charge in [-0.25, -0.2) is 13.8 Å². The van der Waals surface area contributed by atoms with Gasteiger partial charge >= 0.3 is 6.18 Å². The van der Waals surface area contributed by atoms with Crippen LogP contribution in [0.15, 0.2) is 6.07 Å². The number of hydrogen-bond donors (Lipinski definition) is 0. The van der Waals surface area contributed by atoms with E-state index in [0.29, 0.717) is 6.07 Å². The highest BCUT2D eigenvalue weighted by Crippen LogP contribution is 2.32. The van der Waals surface area contributed by atoms with Gasteiger partial charge < -0.3 is 0 Å². The minimum Gasteiger partial charge on any atom is -0.241 e. The molecule has 8 heteroatoms. The Morgan fingerprint density at radius 3 is 2.31 bits per heavy atom. The Balaban J connectivity index is 3.48. The lowest BCUT2D eigenvalue weighted by Gasteiger charge is -2.10. The van der Waals surface area contributed by atoms with Gasteiger partial charge in [-0.3, -0.25) is 0 Å². The van der Waals surface area contributed by atoms with E-state index in [9.17, 15) is 22.0 Å². The van der Waals surface area contributed by atoms with Crippen molar-refractivity contribution in [3.05, 3.63) is 26.6 Å². The minimum atomic E-state index is -4.85. The normalized spacial score (nSPS) is 11.6. The molecule has 0 aliphatic heterocycles. The summed E-state index contributed by atoms with van der Waals surface area (Å²) < 4.78 is 61.3. The van der Waals surface area contributed by atoms with E-state index in [1.807, 2.05) is 0 Å². The Morgan fingerprint density at radius 1 is 1.38 bits per heavy atom. The maximum absolute atomic E-state index is 12.4. The zero-order valence-corrected chi connectivity index (χ0v) is 9.47. The number of nitriles is 1. The lowest BCUT2D eigenvalue weighted by molar-refractivity contribution is -0.141. The molecule has 0 aliphatic carbocycles. The summed E-state index contributed by atoms with van der Waals surface area (Å²) in [4.78, 5) is 2.82. The van der Waals surface area contributed by atoms with Crippen LogP contribution in [0.2, 0.25) is 0 Å². The number of aromatic nitrogens is 1. The molecule has 16 heavy (non-hydrogen) atoms. The van der Waals surface area contributed by atoms with Crippen molar-refractivity contribution in [3.8, 4) is 6.07 Å². The van der Waals surface area contributed by atoms with Crippen LogP contribution in [0.4, 0.5) is 22.0 Å². The molecule has 0 aromatic carbocycles. The molecule has 0 amide bonds.